The first kappa shape index (κ1) is 23.0. The van der Waals surface area contributed by atoms with E-state index < -0.39 is 53.7 Å². The Bertz CT molecular complexity index is 1170. The van der Waals surface area contributed by atoms with E-state index in [2.05, 4.69) is 15.7 Å². The molecule has 4 rings (SSSR count). The number of alkyl halides is 6. The molecule has 1 aliphatic rings. The molecule has 0 bridgehead atoms. The van der Waals surface area contributed by atoms with Gasteiger partial charge in [-0.3, -0.25) is 4.79 Å². The zero-order valence-corrected chi connectivity index (χ0v) is 17.3. The summed E-state index contributed by atoms with van der Waals surface area (Å²) in [6, 6.07) is 8.82. The number of amides is 1. The molecule has 2 atom stereocenters. The number of carbonyl (C=O) groups excluding carboxylic acids is 1. The number of hydrogen-bond donors (Lipinski definition) is 2. The lowest BCUT2D eigenvalue weighted by Gasteiger charge is -2.33. The Kier molecular flexibility index (Phi) is 5.77. The number of halogens is 7. The first-order valence-corrected chi connectivity index (χ1v) is 9.97. The number of fused-ring (bicyclic) bond motifs is 1. The zero-order chi connectivity index (χ0) is 24.0. The van der Waals surface area contributed by atoms with Crippen LogP contribution in [0.3, 0.4) is 0 Å². The number of benzene rings is 2. The lowest BCUT2D eigenvalue weighted by molar-refractivity contribution is -0.173. The molecule has 0 aliphatic carbocycles. The molecular formula is C21H15ClF6N4O. The summed E-state index contributed by atoms with van der Waals surface area (Å²) in [4.78, 5) is 12.6. The second-order valence-corrected chi connectivity index (χ2v) is 7.83. The van der Waals surface area contributed by atoms with E-state index in [4.69, 9.17) is 11.6 Å². The molecule has 2 N–H and O–H groups in total. The van der Waals surface area contributed by atoms with Crippen LogP contribution in [0.4, 0.5) is 37.8 Å². The highest BCUT2D eigenvalue weighted by Gasteiger charge is 2.47. The van der Waals surface area contributed by atoms with Crippen molar-refractivity contribution in [2.24, 2.45) is 0 Å². The van der Waals surface area contributed by atoms with Crippen LogP contribution in [0.5, 0.6) is 0 Å². The summed E-state index contributed by atoms with van der Waals surface area (Å²) in [6.07, 6.45) is -9.81. The van der Waals surface area contributed by atoms with Crippen molar-refractivity contribution in [3.63, 3.8) is 0 Å². The van der Waals surface area contributed by atoms with Gasteiger partial charge in [0.25, 0.3) is 5.91 Å². The number of rotatable bonds is 3. The smallest absolute Gasteiger partial charge is 0.363 e. The van der Waals surface area contributed by atoms with Gasteiger partial charge in [0, 0.05) is 17.5 Å². The van der Waals surface area contributed by atoms with Gasteiger partial charge in [0.2, 0.25) is 0 Å². The Morgan fingerprint density at radius 3 is 2.36 bits per heavy atom. The highest BCUT2D eigenvalue weighted by Crippen LogP contribution is 2.44. The predicted octanol–water partition coefficient (Wildman–Crippen LogP) is 6.47. The summed E-state index contributed by atoms with van der Waals surface area (Å²) in [5.74, 6) is -1.16. The van der Waals surface area contributed by atoms with Gasteiger partial charge in [0.1, 0.15) is 5.82 Å². The van der Waals surface area contributed by atoms with Gasteiger partial charge in [-0.25, -0.2) is 4.68 Å². The molecule has 3 aromatic rings. The third-order valence-electron chi connectivity index (χ3n) is 5.18. The normalized spacial score (nSPS) is 18.4. The van der Waals surface area contributed by atoms with Gasteiger partial charge >= 0.3 is 12.4 Å². The van der Waals surface area contributed by atoms with E-state index in [0.29, 0.717) is 15.3 Å². The molecule has 0 saturated carbocycles. The third-order valence-corrected chi connectivity index (χ3v) is 5.43. The fourth-order valence-electron chi connectivity index (χ4n) is 3.62. The summed E-state index contributed by atoms with van der Waals surface area (Å²) in [5.41, 5.74) is -1.52. The van der Waals surface area contributed by atoms with Crippen LogP contribution in [0.25, 0.3) is 0 Å². The maximum Gasteiger partial charge on any atom is 0.418 e. The fraction of sp³-hybridized carbons (Fsp3) is 0.238. The average molecular weight is 489 g/mol. The molecule has 0 saturated heterocycles. The fourth-order valence-corrected chi connectivity index (χ4v) is 3.75. The van der Waals surface area contributed by atoms with Gasteiger partial charge in [0.05, 0.1) is 17.3 Å². The number of nitrogens with one attached hydrogen (secondary N) is 2. The third kappa shape index (κ3) is 4.77. The number of hydrogen-bond acceptors (Lipinski definition) is 3. The van der Waals surface area contributed by atoms with Crippen molar-refractivity contribution in [2.75, 3.05) is 10.6 Å². The lowest BCUT2D eigenvalue weighted by atomic mass is 9.97. The molecule has 5 nitrogen and oxygen atoms in total. The summed E-state index contributed by atoms with van der Waals surface area (Å²) < 4.78 is 81.5. The van der Waals surface area contributed by atoms with Crippen LogP contribution in [-0.2, 0) is 6.18 Å². The standard InChI is InChI=1S/C21H15ClF6N4O/c22-12-7-5-11(6-8-12)15-9-17(21(26,27)28)32-18(29-15)10-16(31-32)19(33)30-14-4-2-1-3-13(14)20(23,24)25/h1-8,10,15,17,29H,9H2,(H,30,33)/t15-,17-/m1/s1. The Morgan fingerprint density at radius 1 is 1.06 bits per heavy atom. The first-order valence-electron chi connectivity index (χ1n) is 9.59. The highest BCUT2D eigenvalue weighted by atomic mass is 35.5. The average Bonchev–Trinajstić information content (AvgIpc) is 3.17. The van der Waals surface area contributed by atoms with Crippen LogP contribution in [-0.4, -0.2) is 21.9 Å². The minimum absolute atomic E-state index is 0.0854. The van der Waals surface area contributed by atoms with Crippen molar-refractivity contribution >= 4 is 29.0 Å². The largest absolute Gasteiger partial charge is 0.418 e. The lowest BCUT2D eigenvalue weighted by Crippen LogP contribution is -2.35. The van der Waals surface area contributed by atoms with Crippen LogP contribution in [0, 0.1) is 0 Å². The van der Waals surface area contributed by atoms with Crippen molar-refractivity contribution in [3.8, 4) is 0 Å². The molecule has 2 heterocycles. The van der Waals surface area contributed by atoms with Crippen molar-refractivity contribution in [3.05, 3.63) is 76.4 Å². The van der Waals surface area contributed by atoms with E-state index in [1.807, 2.05) is 0 Å². The minimum Gasteiger partial charge on any atom is -0.363 e. The highest BCUT2D eigenvalue weighted by molar-refractivity contribution is 6.30. The quantitative estimate of drug-likeness (QED) is 0.416. The first-order chi connectivity index (χ1) is 15.4. The van der Waals surface area contributed by atoms with Gasteiger partial charge in [-0.2, -0.15) is 31.4 Å². The van der Waals surface area contributed by atoms with Gasteiger partial charge in [-0.1, -0.05) is 35.9 Å². The second kappa shape index (κ2) is 8.29. The summed E-state index contributed by atoms with van der Waals surface area (Å²) in [5, 5.41) is 9.16. The molecule has 0 fully saturated rings. The molecular weight excluding hydrogens is 474 g/mol. The maximum atomic E-state index is 13.8. The molecule has 0 spiro atoms. The van der Waals surface area contributed by atoms with Crippen molar-refractivity contribution < 1.29 is 31.1 Å². The number of aromatic nitrogens is 2. The maximum absolute atomic E-state index is 13.8. The zero-order valence-electron chi connectivity index (χ0n) is 16.5. The Morgan fingerprint density at radius 2 is 1.73 bits per heavy atom. The van der Waals surface area contributed by atoms with Gasteiger partial charge in [0.15, 0.2) is 11.7 Å². The minimum atomic E-state index is -4.73. The number of para-hydroxylation sites is 1. The second-order valence-electron chi connectivity index (χ2n) is 7.40. The van der Waals surface area contributed by atoms with E-state index in [1.54, 1.807) is 24.3 Å². The van der Waals surface area contributed by atoms with Crippen LogP contribution < -0.4 is 10.6 Å². The summed E-state index contributed by atoms with van der Waals surface area (Å²) in [7, 11) is 0. The molecule has 12 heteroatoms. The Hall–Kier alpha value is -3.21. The van der Waals surface area contributed by atoms with Crippen LogP contribution in [0.1, 0.15) is 40.1 Å². The van der Waals surface area contributed by atoms with Crippen LogP contribution >= 0.6 is 11.6 Å². The van der Waals surface area contributed by atoms with E-state index in [1.165, 1.54) is 6.07 Å². The summed E-state index contributed by atoms with van der Waals surface area (Å²) >= 11 is 5.85. The van der Waals surface area contributed by atoms with Crippen LogP contribution in [0.15, 0.2) is 54.6 Å². The van der Waals surface area contributed by atoms with Crippen molar-refractivity contribution in [1.82, 2.24) is 9.78 Å². The van der Waals surface area contributed by atoms with Crippen LogP contribution in [0.2, 0.25) is 5.02 Å². The number of anilines is 2. The number of nitrogens with zero attached hydrogens (tertiary/aromatic N) is 2. The topological polar surface area (TPSA) is 59.0 Å². The monoisotopic (exact) mass is 488 g/mol. The van der Waals surface area contributed by atoms with E-state index >= 15 is 0 Å². The van der Waals surface area contributed by atoms with E-state index in [-0.39, 0.29) is 5.82 Å². The molecule has 1 aromatic heterocycles. The van der Waals surface area contributed by atoms with Gasteiger partial charge in [-0.15, -0.1) is 0 Å². The Labute approximate surface area is 188 Å². The molecule has 0 unspecified atom stereocenters. The molecule has 2 aromatic carbocycles. The van der Waals surface area contributed by atoms with Crippen molar-refractivity contribution in [1.29, 1.82) is 0 Å². The molecule has 174 valence electrons. The Balaban J connectivity index is 1.65. The molecule has 1 amide bonds. The number of carbonyl (C=O) groups is 1. The van der Waals surface area contributed by atoms with E-state index in [9.17, 15) is 31.1 Å². The van der Waals surface area contributed by atoms with Gasteiger partial charge < -0.3 is 10.6 Å². The molecule has 33 heavy (non-hydrogen) atoms. The predicted molar refractivity (Wildman–Crippen MR) is 109 cm³/mol. The molecule has 1 aliphatic heterocycles. The summed E-state index contributed by atoms with van der Waals surface area (Å²) in [6.45, 7) is 0. The van der Waals surface area contributed by atoms with Gasteiger partial charge in [-0.05, 0) is 29.8 Å². The van der Waals surface area contributed by atoms with Crippen molar-refractivity contribution in [2.45, 2.75) is 30.9 Å². The van der Waals surface area contributed by atoms with E-state index in [0.717, 1.165) is 24.3 Å². The molecule has 0 radical (unpaired) electrons. The SMILES string of the molecule is O=C(Nc1ccccc1C(F)(F)F)c1cc2n(n1)[C@@H](C(F)(F)F)C[C@H](c1ccc(Cl)cc1)N2.